The van der Waals surface area contributed by atoms with Crippen molar-refractivity contribution in [3.63, 3.8) is 0 Å². The van der Waals surface area contributed by atoms with Crippen molar-refractivity contribution in [1.29, 1.82) is 5.26 Å². The lowest BCUT2D eigenvalue weighted by Gasteiger charge is -2.00. The Bertz CT molecular complexity index is 135. The molecule has 0 saturated carbocycles. The number of hydrogen-bond donors (Lipinski definition) is 0. The van der Waals surface area contributed by atoms with Crippen molar-refractivity contribution >= 4 is 0 Å². The van der Waals surface area contributed by atoms with E-state index in [9.17, 15) is 0 Å². The molecule has 0 rings (SSSR count). The summed E-state index contributed by atoms with van der Waals surface area (Å²) < 4.78 is 4.94. The first kappa shape index (κ1) is 9.03. The van der Waals surface area contributed by atoms with Gasteiger partial charge in [0.1, 0.15) is 6.07 Å². The van der Waals surface area contributed by atoms with Crippen LogP contribution in [0.4, 0.5) is 0 Å². The van der Waals surface area contributed by atoms with Crippen molar-refractivity contribution in [3.8, 4) is 6.07 Å². The van der Waals surface area contributed by atoms with E-state index in [1.807, 2.05) is 6.07 Å². The second-order valence-corrected chi connectivity index (χ2v) is 2.09. The lowest BCUT2D eigenvalue weighted by Crippen LogP contribution is -1.91. The predicted octanol–water partition coefficient (Wildman–Crippen LogP) is 2.23. The Morgan fingerprint density at radius 3 is 2.80 bits per heavy atom. The average molecular weight is 139 g/mol. The standard InChI is InChI=1S/C8H13NO/c1-3-4-5-6-10-8(2)7-9/h2-6H2,1H3. The predicted molar refractivity (Wildman–Crippen MR) is 40.2 cm³/mol. The summed E-state index contributed by atoms with van der Waals surface area (Å²) in [6.45, 7) is 6.14. The van der Waals surface area contributed by atoms with E-state index in [0.29, 0.717) is 6.61 Å². The Hall–Kier alpha value is -0.970. The molecule has 0 aliphatic rings. The number of ether oxygens (including phenoxy) is 1. The first-order valence-electron chi connectivity index (χ1n) is 3.53. The highest BCUT2D eigenvalue weighted by Gasteiger charge is 1.89. The molecular weight excluding hydrogens is 126 g/mol. The molecule has 0 aromatic heterocycles. The van der Waals surface area contributed by atoms with E-state index in [-0.39, 0.29) is 5.76 Å². The second kappa shape index (κ2) is 6.15. The molecule has 0 aliphatic heterocycles. The molecule has 2 heteroatoms. The third-order valence-electron chi connectivity index (χ3n) is 1.15. The molecule has 0 amide bonds. The maximum Gasteiger partial charge on any atom is 0.189 e. The molecule has 0 heterocycles. The highest BCUT2D eigenvalue weighted by Crippen LogP contribution is 1.97. The summed E-state index contributed by atoms with van der Waals surface area (Å²) in [5, 5.41) is 8.22. The molecule has 0 unspecified atom stereocenters. The van der Waals surface area contributed by atoms with Crippen molar-refractivity contribution in [3.05, 3.63) is 12.3 Å². The molecule has 0 N–H and O–H groups in total. The summed E-state index contributed by atoms with van der Waals surface area (Å²) in [6.07, 6.45) is 3.33. The van der Waals surface area contributed by atoms with E-state index in [2.05, 4.69) is 13.5 Å². The van der Waals surface area contributed by atoms with Crippen molar-refractivity contribution in [1.82, 2.24) is 0 Å². The fourth-order valence-electron chi connectivity index (χ4n) is 0.580. The fraction of sp³-hybridized carbons (Fsp3) is 0.625. The Kier molecular flexibility index (Phi) is 5.56. The molecule has 0 aromatic rings. The van der Waals surface area contributed by atoms with Gasteiger partial charge in [-0.15, -0.1) is 0 Å². The van der Waals surface area contributed by atoms with E-state index in [0.717, 1.165) is 12.8 Å². The molecule has 0 aliphatic carbocycles. The summed E-state index contributed by atoms with van der Waals surface area (Å²) in [5.41, 5.74) is 0. The van der Waals surface area contributed by atoms with Gasteiger partial charge in [0.2, 0.25) is 0 Å². The van der Waals surface area contributed by atoms with Gasteiger partial charge in [-0.1, -0.05) is 19.8 Å². The minimum absolute atomic E-state index is 0.219. The zero-order valence-corrected chi connectivity index (χ0v) is 6.39. The van der Waals surface area contributed by atoms with Crippen LogP contribution in [-0.4, -0.2) is 6.61 Å². The lowest BCUT2D eigenvalue weighted by atomic mass is 10.3. The van der Waals surface area contributed by atoms with Gasteiger partial charge in [0, 0.05) is 0 Å². The van der Waals surface area contributed by atoms with Gasteiger partial charge >= 0.3 is 0 Å². The van der Waals surface area contributed by atoms with Crippen LogP contribution in [0.1, 0.15) is 26.2 Å². The normalized spacial score (nSPS) is 8.40. The van der Waals surface area contributed by atoms with Gasteiger partial charge < -0.3 is 4.74 Å². The summed E-state index contributed by atoms with van der Waals surface area (Å²) in [5.74, 6) is 0.219. The number of nitrogens with zero attached hydrogens (tertiary/aromatic N) is 1. The Morgan fingerprint density at radius 2 is 2.30 bits per heavy atom. The molecule has 56 valence electrons. The molecule has 0 fully saturated rings. The van der Waals surface area contributed by atoms with Gasteiger partial charge in [-0.25, -0.2) is 0 Å². The van der Waals surface area contributed by atoms with E-state index >= 15 is 0 Å². The smallest absolute Gasteiger partial charge is 0.189 e. The number of rotatable bonds is 5. The molecule has 10 heavy (non-hydrogen) atoms. The van der Waals surface area contributed by atoms with Crippen molar-refractivity contribution in [2.45, 2.75) is 26.2 Å². The van der Waals surface area contributed by atoms with Crippen LogP contribution >= 0.6 is 0 Å². The largest absolute Gasteiger partial charge is 0.484 e. The van der Waals surface area contributed by atoms with E-state index < -0.39 is 0 Å². The van der Waals surface area contributed by atoms with Crippen LogP contribution < -0.4 is 0 Å². The third-order valence-corrected chi connectivity index (χ3v) is 1.15. The van der Waals surface area contributed by atoms with Gasteiger partial charge in [-0.3, -0.25) is 0 Å². The van der Waals surface area contributed by atoms with Crippen LogP contribution in [0.15, 0.2) is 12.3 Å². The highest BCUT2D eigenvalue weighted by atomic mass is 16.5. The molecule has 0 bridgehead atoms. The van der Waals surface area contributed by atoms with Crippen molar-refractivity contribution in [2.24, 2.45) is 0 Å². The number of unbranched alkanes of at least 4 members (excludes halogenated alkanes) is 2. The lowest BCUT2D eigenvalue weighted by molar-refractivity contribution is 0.221. The van der Waals surface area contributed by atoms with Crippen LogP contribution in [0.25, 0.3) is 0 Å². The number of allylic oxidation sites excluding steroid dienone is 1. The molecule has 0 atom stereocenters. The van der Waals surface area contributed by atoms with E-state index in [4.69, 9.17) is 10.00 Å². The zero-order chi connectivity index (χ0) is 7.82. The van der Waals surface area contributed by atoms with Gasteiger partial charge in [0.15, 0.2) is 5.76 Å². The molecular formula is C8H13NO. The summed E-state index contributed by atoms with van der Waals surface area (Å²) in [7, 11) is 0. The molecule has 0 spiro atoms. The minimum atomic E-state index is 0.219. The second-order valence-electron chi connectivity index (χ2n) is 2.09. The zero-order valence-electron chi connectivity index (χ0n) is 6.39. The van der Waals surface area contributed by atoms with Crippen LogP contribution in [-0.2, 0) is 4.74 Å². The summed E-state index contributed by atoms with van der Waals surface area (Å²) >= 11 is 0. The number of nitriles is 1. The third kappa shape index (κ3) is 5.17. The van der Waals surface area contributed by atoms with Crippen LogP contribution in [0.3, 0.4) is 0 Å². The van der Waals surface area contributed by atoms with Gasteiger partial charge in [-0.05, 0) is 13.0 Å². The van der Waals surface area contributed by atoms with Crippen molar-refractivity contribution in [2.75, 3.05) is 6.61 Å². The summed E-state index contributed by atoms with van der Waals surface area (Å²) in [4.78, 5) is 0. The van der Waals surface area contributed by atoms with Crippen molar-refractivity contribution < 1.29 is 4.74 Å². The fourth-order valence-corrected chi connectivity index (χ4v) is 0.580. The van der Waals surface area contributed by atoms with E-state index in [1.54, 1.807) is 0 Å². The number of hydrogen-bond acceptors (Lipinski definition) is 2. The highest BCUT2D eigenvalue weighted by molar-refractivity contribution is 5.06. The first-order chi connectivity index (χ1) is 4.81. The average Bonchev–Trinajstić information content (AvgIpc) is 1.98. The van der Waals surface area contributed by atoms with Crippen LogP contribution in [0.2, 0.25) is 0 Å². The monoisotopic (exact) mass is 139 g/mol. The molecule has 2 nitrogen and oxygen atoms in total. The first-order valence-corrected chi connectivity index (χ1v) is 3.53. The molecule has 0 aromatic carbocycles. The Morgan fingerprint density at radius 1 is 1.60 bits per heavy atom. The topological polar surface area (TPSA) is 33.0 Å². The van der Waals surface area contributed by atoms with Gasteiger partial charge in [0.05, 0.1) is 6.61 Å². The quantitative estimate of drug-likeness (QED) is 0.332. The maximum absolute atomic E-state index is 8.22. The Balaban J connectivity index is 3.06. The Labute approximate surface area is 62.1 Å². The van der Waals surface area contributed by atoms with Crippen LogP contribution in [0.5, 0.6) is 0 Å². The van der Waals surface area contributed by atoms with E-state index in [1.165, 1.54) is 6.42 Å². The maximum atomic E-state index is 8.22. The van der Waals surface area contributed by atoms with Crippen LogP contribution in [0, 0.1) is 11.3 Å². The minimum Gasteiger partial charge on any atom is -0.484 e. The van der Waals surface area contributed by atoms with Gasteiger partial charge in [0.25, 0.3) is 0 Å². The molecule has 0 saturated heterocycles. The van der Waals surface area contributed by atoms with Gasteiger partial charge in [-0.2, -0.15) is 5.26 Å². The molecule has 0 radical (unpaired) electrons. The SMILES string of the molecule is C=C(C#N)OCCCCC. The summed E-state index contributed by atoms with van der Waals surface area (Å²) in [6, 6.07) is 1.83.